The Balaban J connectivity index is 0.000000187. The molecule has 1 aliphatic rings. The number of likely N-dealkylation sites (N-methyl/N-ethyl adjacent to an activating group) is 1. The van der Waals surface area contributed by atoms with Crippen molar-refractivity contribution >= 4 is 29.0 Å². The van der Waals surface area contributed by atoms with E-state index in [-0.39, 0.29) is 5.82 Å². The Morgan fingerprint density at radius 2 is 1.74 bits per heavy atom. The van der Waals surface area contributed by atoms with E-state index in [9.17, 15) is 9.18 Å². The number of rotatable bonds is 7. The van der Waals surface area contributed by atoms with E-state index in [0.717, 1.165) is 41.8 Å². The standard InChI is InChI=1S/C16H17NO3.C10H10N2.C7H9FN2/c1-19-15-8-7-14(9-16(15)20-2)17-10-12-3-5-13(11-18)6-4-12;1-12-5-4-9-6-8(7-11)2-3-10(9)12;1-10-7-3-2-5(8)4-6(7)9/h3-9,11,17H,10H2,1-2H3;2-3,6H,4-5H2,1H3;2-4,10H,9H2,1H3. The van der Waals surface area contributed by atoms with Crippen molar-refractivity contribution in [2.75, 3.05) is 56.1 Å². The number of nitrogens with two attached hydrogens (primary N) is 1. The van der Waals surface area contributed by atoms with Gasteiger partial charge in [-0.2, -0.15) is 5.26 Å². The Morgan fingerprint density at radius 3 is 2.36 bits per heavy atom. The number of anilines is 4. The van der Waals surface area contributed by atoms with Gasteiger partial charge in [0.25, 0.3) is 0 Å². The lowest BCUT2D eigenvalue weighted by molar-refractivity contribution is 0.112. The van der Waals surface area contributed by atoms with Gasteiger partial charge in [-0.05, 0) is 66.1 Å². The van der Waals surface area contributed by atoms with Crippen LogP contribution in [0.15, 0.2) is 78.9 Å². The summed E-state index contributed by atoms with van der Waals surface area (Å²) in [5, 5.41) is 14.8. The molecule has 0 saturated heterocycles. The molecule has 0 spiro atoms. The van der Waals surface area contributed by atoms with E-state index in [1.165, 1.54) is 23.4 Å². The summed E-state index contributed by atoms with van der Waals surface area (Å²) in [6.07, 6.45) is 1.91. The summed E-state index contributed by atoms with van der Waals surface area (Å²) in [7, 11) is 7.04. The van der Waals surface area contributed by atoms with Crippen LogP contribution < -0.4 is 30.7 Å². The highest BCUT2D eigenvalue weighted by Gasteiger charge is 2.15. The molecule has 4 N–H and O–H groups in total. The second-order valence-electron chi connectivity index (χ2n) is 9.39. The summed E-state index contributed by atoms with van der Waals surface area (Å²) in [5.74, 6) is 1.08. The molecule has 4 aromatic rings. The Hall–Kier alpha value is -5.23. The minimum Gasteiger partial charge on any atom is -0.493 e. The first-order valence-corrected chi connectivity index (χ1v) is 13.3. The minimum absolute atomic E-state index is 0.309. The third-order valence-electron chi connectivity index (χ3n) is 6.62. The van der Waals surface area contributed by atoms with Gasteiger partial charge in [0.15, 0.2) is 11.5 Å². The van der Waals surface area contributed by atoms with Gasteiger partial charge in [-0.3, -0.25) is 4.79 Å². The Labute approximate surface area is 246 Å². The van der Waals surface area contributed by atoms with E-state index in [1.807, 2.05) is 48.5 Å². The molecule has 42 heavy (non-hydrogen) atoms. The smallest absolute Gasteiger partial charge is 0.162 e. The number of carbonyl (C=O) groups is 1. The topological polar surface area (TPSA) is 113 Å². The lowest BCUT2D eigenvalue weighted by Crippen LogP contribution is -2.12. The van der Waals surface area contributed by atoms with Gasteiger partial charge in [0.1, 0.15) is 12.1 Å². The third-order valence-corrected chi connectivity index (χ3v) is 6.62. The fraction of sp³-hybridized carbons (Fsp3) is 0.212. The molecular weight excluding hydrogens is 533 g/mol. The van der Waals surface area contributed by atoms with Gasteiger partial charge in [-0.15, -0.1) is 0 Å². The molecular formula is C33H36FN5O3. The van der Waals surface area contributed by atoms with E-state index in [1.54, 1.807) is 39.5 Å². The van der Waals surface area contributed by atoms with E-state index in [2.05, 4.69) is 28.7 Å². The highest BCUT2D eigenvalue weighted by atomic mass is 19.1. The van der Waals surface area contributed by atoms with Gasteiger partial charge >= 0.3 is 0 Å². The fourth-order valence-corrected chi connectivity index (χ4v) is 4.26. The quantitative estimate of drug-likeness (QED) is 0.180. The largest absolute Gasteiger partial charge is 0.493 e. The number of nitrogens with one attached hydrogen (secondary N) is 2. The Bertz CT molecular complexity index is 1520. The van der Waals surface area contributed by atoms with Crippen LogP contribution in [0, 0.1) is 17.1 Å². The molecule has 5 rings (SSSR count). The summed E-state index contributed by atoms with van der Waals surface area (Å²) >= 11 is 0. The van der Waals surface area contributed by atoms with Crippen LogP contribution in [0.4, 0.5) is 27.1 Å². The van der Waals surface area contributed by atoms with Gasteiger partial charge in [-0.1, -0.05) is 24.3 Å². The van der Waals surface area contributed by atoms with Crippen LogP contribution in [0.3, 0.4) is 0 Å². The average molecular weight is 570 g/mol. The predicted molar refractivity (Wildman–Crippen MR) is 167 cm³/mol. The molecule has 4 aromatic carbocycles. The summed E-state index contributed by atoms with van der Waals surface area (Å²) in [5.41, 5.74) is 12.7. The molecule has 0 radical (unpaired) electrons. The number of hydrogen-bond acceptors (Lipinski definition) is 8. The summed E-state index contributed by atoms with van der Waals surface area (Å²) in [4.78, 5) is 12.8. The van der Waals surface area contributed by atoms with Crippen molar-refractivity contribution in [3.05, 3.63) is 107 Å². The molecule has 0 amide bonds. The lowest BCUT2D eigenvalue weighted by atomic mass is 10.1. The molecule has 0 aliphatic carbocycles. The first-order valence-electron chi connectivity index (χ1n) is 13.3. The number of methoxy groups -OCH3 is 2. The van der Waals surface area contributed by atoms with Crippen LogP contribution in [0.1, 0.15) is 27.0 Å². The van der Waals surface area contributed by atoms with Crippen molar-refractivity contribution in [1.29, 1.82) is 5.26 Å². The SMILES string of the molecule is CN1CCc2cc(C#N)ccc21.CNc1ccc(F)cc1N.COc1ccc(NCc2ccc(C=O)cc2)cc1OC. The van der Waals surface area contributed by atoms with Crippen LogP contribution in [0.5, 0.6) is 11.5 Å². The van der Waals surface area contributed by atoms with Gasteiger partial charge < -0.3 is 30.7 Å². The van der Waals surface area contributed by atoms with E-state index in [0.29, 0.717) is 29.3 Å². The number of carbonyl (C=O) groups excluding carboxylic acids is 1. The van der Waals surface area contributed by atoms with Crippen LogP contribution in [0.2, 0.25) is 0 Å². The maximum absolute atomic E-state index is 12.4. The van der Waals surface area contributed by atoms with Crippen molar-refractivity contribution in [3.8, 4) is 17.6 Å². The van der Waals surface area contributed by atoms with Crippen molar-refractivity contribution < 1.29 is 18.7 Å². The molecule has 0 unspecified atom stereocenters. The molecule has 9 heteroatoms. The first kappa shape index (κ1) is 31.3. The van der Waals surface area contributed by atoms with Crippen LogP contribution in [-0.2, 0) is 13.0 Å². The summed E-state index contributed by atoms with van der Waals surface area (Å²) in [6, 6.07) is 25.4. The van der Waals surface area contributed by atoms with E-state index >= 15 is 0 Å². The average Bonchev–Trinajstić information content (AvgIpc) is 3.40. The second kappa shape index (κ2) is 15.5. The van der Waals surface area contributed by atoms with Crippen molar-refractivity contribution in [1.82, 2.24) is 0 Å². The molecule has 8 nitrogen and oxygen atoms in total. The predicted octanol–water partition coefficient (Wildman–Crippen LogP) is 6.13. The fourth-order valence-electron chi connectivity index (χ4n) is 4.26. The normalized spacial score (nSPS) is 11.0. The number of ether oxygens (including phenoxy) is 2. The highest BCUT2D eigenvalue weighted by molar-refractivity contribution is 5.74. The molecule has 0 saturated carbocycles. The summed E-state index contributed by atoms with van der Waals surface area (Å²) in [6.45, 7) is 1.75. The molecule has 1 aliphatic heterocycles. The number of fused-ring (bicyclic) bond motifs is 1. The van der Waals surface area contributed by atoms with Crippen LogP contribution in [-0.4, -0.2) is 41.1 Å². The highest BCUT2D eigenvalue weighted by Crippen LogP contribution is 2.30. The molecule has 0 bridgehead atoms. The Morgan fingerprint density at radius 1 is 1.00 bits per heavy atom. The molecule has 218 valence electrons. The van der Waals surface area contributed by atoms with Gasteiger partial charge in [-0.25, -0.2) is 4.39 Å². The number of nitrogen functional groups attached to an aromatic ring is 1. The number of benzene rings is 4. The summed E-state index contributed by atoms with van der Waals surface area (Å²) < 4.78 is 22.8. The van der Waals surface area contributed by atoms with Crippen molar-refractivity contribution in [3.63, 3.8) is 0 Å². The van der Waals surface area contributed by atoms with Crippen molar-refractivity contribution in [2.24, 2.45) is 0 Å². The van der Waals surface area contributed by atoms with Gasteiger partial charge in [0, 0.05) is 50.2 Å². The first-order chi connectivity index (χ1) is 20.3. The number of nitrogens with zero attached hydrogens (tertiary/aromatic N) is 2. The molecule has 1 heterocycles. The number of nitriles is 1. The zero-order valence-electron chi connectivity index (χ0n) is 24.3. The second-order valence-corrected chi connectivity index (χ2v) is 9.39. The van der Waals surface area contributed by atoms with Crippen molar-refractivity contribution in [2.45, 2.75) is 13.0 Å². The van der Waals surface area contributed by atoms with Gasteiger partial charge in [0.05, 0.1) is 37.2 Å². The van der Waals surface area contributed by atoms with E-state index < -0.39 is 0 Å². The minimum atomic E-state index is -0.309. The molecule has 0 atom stereocenters. The molecule has 0 fully saturated rings. The number of halogens is 1. The lowest BCUT2D eigenvalue weighted by Gasteiger charge is -2.11. The zero-order valence-corrected chi connectivity index (χ0v) is 24.3. The monoisotopic (exact) mass is 569 g/mol. The zero-order chi connectivity index (χ0) is 30.5. The Kier molecular flexibility index (Phi) is 11.6. The number of hydrogen-bond donors (Lipinski definition) is 3. The van der Waals surface area contributed by atoms with Crippen LogP contribution in [0.25, 0.3) is 0 Å². The van der Waals surface area contributed by atoms with Gasteiger partial charge in [0.2, 0.25) is 0 Å². The van der Waals surface area contributed by atoms with E-state index in [4.69, 9.17) is 20.5 Å². The maximum atomic E-state index is 12.4. The molecule has 0 aromatic heterocycles. The third kappa shape index (κ3) is 8.63. The maximum Gasteiger partial charge on any atom is 0.162 e. The number of aldehydes is 1. The van der Waals surface area contributed by atoms with Crippen LogP contribution >= 0.6 is 0 Å².